The number of anilines is 1. The number of hydrogen-bond donors (Lipinski definition) is 1. The third kappa shape index (κ3) is 4.38. The van der Waals surface area contributed by atoms with E-state index in [0.717, 1.165) is 18.5 Å². The SMILES string of the molecule is O=C(Nc1ccccc1)C1CCCN(C(=O)c2cc(Br)cnc2Cl)C1. The molecule has 130 valence electrons. The summed E-state index contributed by atoms with van der Waals surface area (Å²) in [5.74, 6) is -0.505. The molecule has 1 unspecified atom stereocenters. The van der Waals surface area contributed by atoms with Gasteiger partial charge in [-0.05, 0) is 47.0 Å². The molecule has 3 rings (SSSR count). The van der Waals surface area contributed by atoms with Crippen LogP contribution in [0.1, 0.15) is 23.2 Å². The third-order valence-electron chi connectivity index (χ3n) is 4.16. The van der Waals surface area contributed by atoms with Crippen LogP contribution < -0.4 is 5.32 Å². The second-order valence-corrected chi connectivity index (χ2v) is 7.21. The normalized spacial score (nSPS) is 17.2. The Balaban J connectivity index is 1.69. The molecule has 25 heavy (non-hydrogen) atoms. The summed E-state index contributed by atoms with van der Waals surface area (Å²) in [4.78, 5) is 30.9. The topological polar surface area (TPSA) is 62.3 Å². The average molecular weight is 423 g/mol. The Morgan fingerprint density at radius 2 is 2.04 bits per heavy atom. The van der Waals surface area contributed by atoms with Gasteiger partial charge in [0, 0.05) is 29.4 Å². The van der Waals surface area contributed by atoms with Crippen molar-refractivity contribution >= 4 is 45.0 Å². The molecular weight excluding hydrogens is 406 g/mol. The smallest absolute Gasteiger partial charge is 0.257 e. The fourth-order valence-electron chi connectivity index (χ4n) is 2.88. The Hall–Kier alpha value is -1.92. The van der Waals surface area contributed by atoms with Crippen LogP contribution in [0.15, 0.2) is 47.1 Å². The van der Waals surface area contributed by atoms with Crippen LogP contribution in [0.25, 0.3) is 0 Å². The molecule has 1 fully saturated rings. The molecule has 1 aliphatic heterocycles. The van der Waals surface area contributed by atoms with E-state index in [1.165, 1.54) is 0 Å². The quantitative estimate of drug-likeness (QED) is 0.761. The van der Waals surface area contributed by atoms with Gasteiger partial charge in [-0.3, -0.25) is 9.59 Å². The lowest BCUT2D eigenvalue weighted by molar-refractivity contribution is -0.121. The van der Waals surface area contributed by atoms with Crippen molar-refractivity contribution in [2.45, 2.75) is 12.8 Å². The molecule has 0 radical (unpaired) electrons. The van der Waals surface area contributed by atoms with E-state index >= 15 is 0 Å². The number of rotatable bonds is 3. The highest BCUT2D eigenvalue weighted by molar-refractivity contribution is 9.10. The molecule has 1 saturated heterocycles. The maximum Gasteiger partial charge on any atom is 0.257 e. The molecular formula is C18H17BrClN3O2. The van der Waals surface area contributed by atoms with E-state index in [2.05, 4.69) is 26.2 Å². The summed E-state index contributed by atoms with van der Waals surface area (Å²) in [7, 11) is 0. The maximum absolute atomic E-state index is 12.7. The van der Waals surface area contributed by atoms with Crippen LogP contribution in [0, 0.1) is 5.92 Å². The molecule has 0 spiro atoms. The number of halogens is 2. The number of likely N-dealkylation sites (tertiary alicyclic amines) is 1. The van der Waals surface area contributed by atoms with Gasteiger partial charge >= 0.3 is 0 Å². The van der Waals surface area contributed by atoms with Crippen molar-refractivity contribution < 1.29 is 9.59 Å². The summed E-state index contributed by atoms with van der Waals surface area (Å²) < 4.78 is 0.690. The lowest BCUT2D eigenvalue weighted by atomic mass is 9.96. The first-order chi connectivity index (χ1) is 12.0. The van der Waals surface area contributed by atoms with Crippen LogP contribution in [-0.4, -0.2) is 34.8 Å². The number of piperidine rings is 1. The molecule has 0 bridgehead atoms. The Morgan fingerprint density at radius 3 is 2.80 bits per heavy atom. The van der Waals surface area contributed by atoms with E-state index in [1.807, 2.05) is 30.3 Å². The first-order valence-corrected chi connectivity index (χ1v) is 9.18. The first kappa shape index (κ1) is 17.9. The monoisotopic (exact) mass is 421 g/mol. The number of nitrogens with zero attached hydrogens (tertiary/aromatic N) is 2. The molecule has 1 aromatic carbocycles. The number of carbonyl (C=O) groups excluding carboxylic acids is 2. The summed E-state index contributed by atoms with van der Waals surface area (Å²) in [5.41, 5.74) is 1.11. The van der Waals surface area contributed by atoms with Crippen molar-refractivity contribution in [1.29, 1.82) is 0 Å². The number of benzene rings is 1. The van der Waals surface area contributed by atoms with Gasteiger partial charge in [0.2, 0.25) is 5.91 Å². The van der Waals surface area contributed by atoms with E-state index in [1.54, 1.807) is 17.2 Å². The van der Waals surface area contributed by atoms with E-state index < -0.39 is 0 Å². The van der Waals surface area contributed by atoms with E-state index in [9.17, 15) is 9.59 Å². The molecule has 5 nitrogen and oxygen atoms in total. The van der Waals surface area contributed by atoms with Crippen molar-refractivity contribution in [2.75, 3.05) is 18.4 Å². The van der Waals surface area contributed by atoms with Crippen molar-refractivity contribution in [3.8, 4) is 0 Å². The van der Waals surface area contributed by atoms with Gasteiger partial charge in [0.15, 0.2) is 0 Å². The van der Waals surface area contributed by atoms with Gasteiger partial charge in [0.25, 0.3) is 5.91 Å². The van der Waals surface area contributed by atoms with Crippen molar-refractivity contribution in [3.63, 3.8) is 0 Å². The minimum Gasteiger partial charge on any atom is -0.338 e. The first-order valence-electron chi connectivity index (χ1n) is 8.01. The van der Waals surface area contributed by atoms with Crippen LogP contribution >= 0.6 is 27.5 Å². The zero-order valence-corrected chi connectivity index (χ0v) is 15.8. The molecule has 2 amide bonds. The molecule has 7 heteroatoms. The number of nitrogens with one attached hydrogen (secondary N) is 1. The fourth-order valence-corrected chi connectivity index (χ4v) is 3.40. The number of aromatic nitrogens is 1. The highest BCUT2D eigenvalue weighted by Crippen LogP contribution is 2.24. The third-order valence-corrected chi connectivity index (χ3v) is 4.89. The summed E-state index contributed by atoms with van der Waals surface area (Å²) in [6.45, 7) is 0.983. The van der Waals surface area contributed by atoms with Crippen LogP contribution in [0.4, 0.5) is 5.69 Å². The van der Waals surface area contributed by atoms with Gasteiger partial charge in [-0.1, -0.05) is 29.8 Å². The number of pyridine rings is 1. The Morgan fingerprint density at radius 1 is 1.28 bits per heavy atom. The van der Waals surface area contributed by atoms with Gasteiger partial charge in [-0.2, -0.15) is 0 Å². The maximum atomic E-state index is 12.7. The zero-order chi connectivity index (χ0) is 17.8. The zero-order valence-electron chi connectivity index (χ0n) is 13.4. The van der Waals surface area contributed by atoms with Crippen LogP contribution in [0.2, 0.25) is 5.15 Å². The average Bonchev–Trinajstić information content (AvgIpc) is 2.64. The summed E-state index contributed by atoms with van der Waals surface area (Å²) in [6, 6.07) is 11.0. The second-order valence-electron chi connectivity index (χ2n) is 5.94. The highest BCUT2D eigenvalue weighted by Gasteiger charge is 2.30. The highest BCUT2D eigenvalue weighted by atomic mass is 79.9. The van der Waals surface area contributed by atoms with Crippen molar-refractivity contribution in [2.24, 2.45) is 5.92 Å². The molecule has 1 atom stereocenters. The molecule has 2 heterocycles. The summed E-state index contributed by atoms with van der Waals surface area (Å²) >= 11 is 9.36. The number of carbonyl (C=O) groups is 2. The number of hydrogen-bond acceptors (Lipinski definition) is 3. The van der Waals surface area contributed by atoms with Gasteiger partial charge in [0.1, 0.15) is 5.15 Å². The molecule has 2 aromatic rings. The molecule has 0 aliphatic carbocycles. The van der Waals surface area contributed by atoms with Gasteiger partial charge in [-0.15, -0.1) is 0 Å². The van der Waals surface area contributed by atoms with Crippen molar-refractivity contribution in [3.05, 3.63) is 57.8 Å². The lowest BCUT2D eigenvalue weighted by Crippen LogP contribution is -2.43. The van der Waals surface area contributed by atoms with Crippen LogP contribution in [-0.2, 0) is 4.79 Å². The number of para-hydroxylation sites is 1. The Labute approximate surface area is 159 Å². The lowest BCUT2D eigenvalue weighted by Gasteiger charge is -2.32. The molecule has 0 saturated carbocycles. The van der Waals surface area contributed by atoms with E-state index in [0.29, 0.717) is 23.1 Å². The van der Waals surface area contributed by atoms with Gasteiger partial charge in [0.05, 0.1) is 11.5 Å². The Kier molecular flexibility index (Phi) is 5.71. The van der Waals surface area contributed by atoms with Crippen LogP contribution in [0.3, 0.4) is 0 Å². The van der Waals surface area contributed by atoms with Gasteiger partial charge in [-0.25, -0.2) is 4.98 Å². The largest absolute Gasteiger partial charge is 0.338 e. The van der Waals surface area contributed by atoms with E-state index in [4.69, 9.17) is 11.6 Å². The van der Waals surface area contributed by atoms with Crippen LogP contribution in [0.5, 0.6) is 0 Å². The molecule has 1 N–H and O–H groups in total. The summed E-state index contributed by atoms with van der Waals surface area (Å²) in [5, 5.41) is 3.08. The predicted molar refractivity (Wildman–Crippen MR) is 101 cm³/mol. The summed E-state index contributed by atoms with van der Waals surface area (Å²) in [6.07, 6.45) is 3.08. The van der Waals surface area contributed by atoms with Gasteiger partial charge < -0.3 is 10.2 Å². The molecule has 1 aliphatic rings. The Bertz CT molecular complexity index is 785. The number of amides is 2. The second kappa shape index (κ2) is 7.97. The predicted octanol–water partition coefficient (Wildman–Crippen LogP) is 3.99. The minimum absolute atomic E-state index is 0.0674. The molecule has 1 aromatic heterocycles. The van der Waals surface area contributed by atoms with E-state index in [-0.39, 0.29) is 22.9 Å². The standard InChI is InChI=1S/C18H17BrClN3O2/c19-13-9-15(16(20)21-10-13)18(25)23-8-4-5-12(11-23)17(24)22-14-6-2-1-3-7-14/h1-3,6-7,9-10,12H,4-5,8,11H2,(H,22,24). The minimum atomic E-state index is -0.239. The van der Waals surface area contributed by atoms with Crippen molar-refractivity contribution in [1.82, 2.24) is 9.88 Å². The fraction of sp³-hybridized carbons (Fsp3) is 0.278.